The Kier molecular flexibility index (Phi) is 2.28. The van der Waals surface area contributed by atoms with E-state index in [9.17, 15) is 9.18 Å². The molecule has 0 aliphatic carbocycles. The van der Waals surface area contributed by atoms with Gasteiger partial charge in [0.25, 0.3) is 0 Å². The molecule has 0 aliphatic rings. The third-order valence-electron chi connectivity index (χ3n) is 1.99. The molecule has 0 spiro atoms. The van der Waals surface area contributed by atoms with Crippen molar-refractivity contribution in [1.82, 2.24) is 4.98 Å². The molecule has 15 heavy (non-hydrogen) atoms. The van der Waals surface area contributed by atoms with Crippen molar-refractivity contribution in [3.05, 3.63) is 40.9 Å². The molecular formula is C10H5ClFNO2. The quantitative estimate of drug-likeness (QED) is 0.760. The van der Waals surface area contributed by atoms with Gasteiger partial charge in [-0.3, -0.25) is 0 Å². The summed E-state index contributed by atoms with van der Waals surface area (Å²) in [6, 6.07) is 5.48. The lowest BCUT2D eigenvalue weighted by Gasteiger charge is -2.02. The highest BCUT2D eigenvalue weighted by Gasteiger charge is 2.11. The number of hydrogen-bond donors (Lipinski definition) is 1. The maximum atomic E-state index is 13.3. The summed E-state index contributed by atoms with van der Waals surface area (Å²) in [5.41, 5.74) is -0.266. The van der Waals surface area contributed by atoms with Crippen molar-refractivity contribution in [2.24, 2.45) is 0 Å². The second kappa shape index (κ2) is 3.47. The lowest BCUT2D eigenvalue weighted by molar-refractivity contribution is 0.0690. The molecule has 5 heteroatoms. The Bertz CT molecular complexity index is 556. The minimum absolute atomic E-state index is 0.00981. The lowest BCUT2D eigenvalue weighted by atomic mass is 10.1. The number of benzene rings is 1. The third kappa shape index (κ3) is 1.64. The van der Waals surface area contributed by atoms with Gasteiger partial charge in [0, 0.05) is 10.8 Å². The molecule has 2 rings (SSSR count). The maximum Gasteiger partial charge on any atom is 0.354 e. The first kappa shape index (κ1) is 9.86. The van der Waals surface area contributed by atoms with Crippen LogP contribution in [0.4, 0.5) is 4.39 Å². The standard InChI is InChI=1S/C10H5ClFNO2/c11-9-5-2-1-3-7(12)6(5)4-8(13-9)10(14)15/h1-4H,(H,14,15). The molecule has 1 aromatic carbocycles. The fraction of sp³-hybridized carbons (Fsp3) is 0. The third-order valence-corrected chi connectivity index (χ3v) is 2.28. The monoisotopic (exact) mass is 225 g/mol. The van der Waals surface area contributed by atoms with E-state index in [-0.39, 0.29) is 16.2 Å². The molecule has 0 atom stereocenters. The normalized spacial score (nSPS) is 10.5. The average Bonchev–Trinajstić information content (AvgIpc) is 2.19. The summed E-state index contributed by atoms with van der Waals surface area (Å²) in [7, 11) is 0. The highest BCUT2D eigenvalue weighted by molar-refractivity contribution is 6.34. The minimum atomic E-state index is -1.23. The number of fused-ring (bicyclic) bond motifs is 1. The highest BCUT2D eigenvalue weighted by atomic mass is 35.5. The van der Waals surface area contributed by atoms with Gasteiger partial charge in [0.1, 0.15) is 11.0 Å². The number of carbonyl (C=O) groups is 1. The summed E-state index contributed by atoms with van der Waals surface area (Å²) in [6.45, 7) is 0. The van der Waals surface area contributed by atoms with Gasteiger partial charge >= 0.3 is 5.97 Å². The van der Waals surface area contributed by atoms with Crippen LogP contribution in [-0.2, 0) is 0 Å². The van der Waals surface area contributed by atoms with E-state index >= 15 is 0 Å². The second-order valence-electron chi connectivity index (χ2n) is 2.94. The maximum absolute atomic E-state index is 13.3. The predicted octanol–water partition coefficient (Wildman–Crippen LogP) is 2.73. The zero-order valence-corrected chi connectivity index (χ0v) is 8.12. The molecule has 3 nitrogen and oxygen atoms in total. The van der Waals surface area contributed by atoms with E-state index in [4.69, 9.17) is 16.7 Å². The highest BCUT2D eigenvalue weighted by Crippen LogP contribution is 2.24. The van der Waals surface area contributed by atoms with Crippen LogP contribution in [0.15, 0.2) is 24.3 Å². The van der Waals surface area contributed by atoms with Crippen molar-refractivity contribution < 1.29 is 14.3 Å². The number of aromatic carboxylic acids is 1. The molecular weight excluding hydrogens is 221 g/mol. The van der Waals surface area contributed by atoms with Crippen LogP contribution >= 0.6 is 11.6 Å². The van der Waals surface area contributed by atoms with Crippen LogP contribution in [-0.4, -0.2) is 16.1 Å². The van der Waals surface area contributed by atoms with Crippen molar-refractivity contribution >= 4 is 28.3 Å². The molecule has 0 radical (unpaired) electrons. The van der Waals surface area contributed by atoms with Crippen molar-refractivity contribution in [2.45, 2.75) is 0 Å². The topological polar surface area (TPSA) is 50.2 Å². The average molecular weight is 226 g/mol. The van der Waals surface area contributed by atoms with Gasteiger partial charge in [0.15, 0.2) is 5.69 Å². The van der Waals surface area contributed by atoms with Crippen molar-refractivity contribution in [2.75, 3.05) is 0 Å². The molecule has 1 aromatic heterocycles. The zero-order chi connectivity index (χ0) is 11.0. The number of nitrogens with zero attached hydrogens (tertiary/aromatic N) is 1. The summed E-state index contributed by atoms with van der Waals surface area (Å²) in [6.07, 6.45) is 0. The number of halogens is 2. The van der Waals surface area contributed by atoms with Crippen LogP contribution in [0.5, 0.6) is 0 Å². The Hall–Kier alpha value is -1.68. The smallest absolute Gasteiger partial charge is 0.354 e. The van der Waals surface area contributed by atoms with Crippen molar-refractivity contribution in [1.29, 1.82) is 0 Å². The van der Waals surface area contributed by atoms with Crippen LogP contribution in [0.1, 0.15) is 10.5 Å². The van der Waals surface area contributed by atoms with Crippen LogP contribution in [0.3, 0.4) is 0 Å². The Morgan fingerprint density at radius 1 is 1.40 bits per heavy atom. The van der Waals surface area contributed by atoms with E-state index in [1.165, 1.54) is 18.2 Å². The van der Waals surface area contributed by atoms with Gasteiger partial charge in [-0.25, -0.2) is 14.2 Å². The number of rotatable bonds is 1. The van der Waals surface area contributed by atoms with Crippen LogP contribution < -0.4 is 0 Å². The predicted molar refractivity (Wildman–Crippen MR) is 53.7 cm³/mol. The van der Waals surface area contributed by atoms with E-state index < -0.39 is 11.8 Å². The first-order valence-electron chi connectivity index (χ1n) is 4.07. The summed E-state index contributed by atoms with van der Waals surface area (Å²) < 4.78 is 13.3. The zero-order valence-electron chi connectivity index (χ0n) is 7.37. The number of hydrogen-bond acceptors (Lipinski definition) is 2. The number of carboxylic acids is 1. The second-order valence-corrected chi connectivity index (χ2v) is 3.30. The first-order valence-corrected chi connectivity index (χ1v) is 4.45. The molecule has 0 fully saturated rings. The van der Waals surface area contributed by atoms with Gasteiger partial charge in [0.05, 0.1) is 0 Å². The molecule has 1 N–H and O–H groups in total. The summed E-state index contributed by atoms with van der Waals surface area (Å²) >= 11 is 5.74. The van der Waals surface area contributed by atoms with E-state index in [0.29, 0.717) is 5.39 Å². The molecule has 0 saturated heterocycles. The molecule has 2 aromatic rings. The fourth-order valence-electron chi connectivity index (χ4n) is 1.31. The molecule has 0 saturated carbocycles. The van der Waals surface area contributed by atoms with Gasteiger partial charge in [-0.05, 0) is 12.1 Å². The Labute approximate surface area is 89.1 Å². The summed E-state index contributed by atoms with van der Waals surface area (Å²) in [5, 5.41) is 9.27. The largest absolute Gasteiger partial charge is 0.477 e. The minimum Gasteiger partial charge on any atom is -0.477 e. The summed E-state index contributed by atoms with van der Waals surface area (Å²) in [5.74, 6) is -1.75. The Morgan fingerprint density at radius 3 is 2.80 bits per heavy atom. The van der Waals surface area contributed by atoms with E-state index in [1.54, 1.807) is 6.07 Å². The van der Waals surface area contributed by atoms with Gasteiger partial charge < -0.3 is 5.11 Å². The van der Waals surface area contributed by atoms with Crippen LogP contribution in [0.25, 0.3) is 10.8 Å². The van der Waals surface area contributed by atoms with Crippen molar-refractivity contribution in [3.63, 3.8) is 0 Å². The van der Waals surface area contributed by atoms with Gasteiger partial charge in [-0.2, -0.15) is 0 Å². The van der Waals surface area contributed by atoms with Crippen LogP contribution in [0, 0.1) is 5.82 Å². The number of aromatic nitrogens is 1. The van der Waals surface area contributed by atoms with Crippen molar-refractivity contribution in [3.8, 4) is 0 Å². The van der Waals surface area contributed by atoms with Gasteiger partial charge in [0.2, 0.25) is 0 Å². The van der Waals surface area contributed by atoms with Gasteiger partial charge in [-0.1, -0.05) is 23.7 Å². The van der Waals surface area contributed by atoms with E-state index in [0.717, 1.165) is 0 Å². The first-order chi connectivity index (χ1) is 7.09. The Morgan fingerprint density at radius 2 is 2.13 bits per heavy atom. The fourth-order valence-corrected chi connectivity index (χ4v) is 1.56. The van der Waals surface area contributed by atoms with E-state index in [1.807, 2.05) is 0 Å². The van der Waals surface area contributed by atoms with Gasteiger partial charge in [-0.15, -0.1) is 0 Å². The van der Waals surface area contributed by atoms with Crippen LogP contribution in [0.2, 0.25) is 5.15 Å². The molecule has 0 aliphatic heterocycles. The molecule has 0 amide bonds. The summed E-state index contributed by atoms with van der Waals surface area (Å²) in [4.78, 5) is 14.3. The lowest BCUT2D eigenvalue weighted by Crippen LogP contribution is -2.00. The number of carboxylic acid groups (broad SMARTS) is 1. The van der Waals surface area contributed by atoms with E-state index in [2.05, 4.69) is 4.98 Å². The molecule has 1 heterocycles. The Balaban J connectivity index is 2.85. The molecule has 0 unspecified atom stereocenters. The molecule has 76 valence electrons. The SMILES string of the molecule is O=C(O)c1cc2c(F)cccc2c(Cl)n1. The molecule has 0 bridgehead atoms. The number of pyridine rings is 1.